The van der Waals surface area contributed by atoms with Gasteiger partial charge in [-0.1, -0.05) is 0 Å². The first-order valence-electron chi connectivity index (χ1n) is 5.13. The Morgan fingerprint density at radius 1 is 1.22 bits per heavy atom. The molecule has 1 N–H and O–H groups in total. The van der Waals surface area contributed by atoms with Crippen LogP contribution in [0.4, 0.5) is 19.0 Å². The van der Waals surface area contributed by atoms with Gasteiger partial charge in [0, 0.05) is 6.20 Å². The van der Waals surface area contributed by atoms with Crippen molar-refractivity contribution in [3.63, 3.8) is 0 Å². The van der Waals surface area contributed by atoms with Gasteiger partial charge in [0.1, 0.15) is 11.6 Å². The zero-order valence-electron chi connectivity index (χ0n) is 9.45. The second-order valence-corrected chi connectivity index (χ2v) is 3.65. The maximum absolute atomic E-state index is 12.3. The minimum Gasteiger partial charge on any atom is -0.444 e. The predicted octanol–water partition coefficient (Wildman–Crippen LogP) is 3.01. The normalized spacial score (nSPS) is 11.6. The Kier molecular flexibility index (Phi) is 3.22. The average molecular weight is 257 g/mol. The summed E-state index contributed by atoms with van der Waals surface area (Å²) >= 11 is 0. The Hall–Kier alpha value is -2.05. The van der Waals surface area contributed by atoms with E-state index in [1.807, 2.05) is 0 Å². The largest absolute Gasteiger partial charge is 0.444 e. The summed E-state index contributed by atoms with van der Waals surface area (Å²) in [6, 6.07) is 2.23. The van der Waals surface area contributed by atoms with Crippen molar-refractivity contribution in [1.82, 2.24) is 9.97 Å². The molecule has 2 aromatic heterocycles. The molecular weight excluding hydrogens is 247 g/mol. The highest BCUT2D eigenvalue weighted by Crippen LogP contribution is 2.28. The van der Waals surface area contributed by atoms with Gasteiger partial charge in [-0.25, -0.2) is 9.97 Å². The molecule has 0 aliphatic heterocycles. The molecule has 2 heterocycles. The van der Waals surface area contributed by atoms with E-state index >= 15 is 0 Å². The number of nitrogens with one attached hydrogen (secondary N) is 1. The number of oxazole rings is 1. The van der Waals surface area contributed by atoms with Gasteiger partial charge in [-0.2, -0.15) is 13.2 Å². The minimum atomic E-state index is -4.37. The standard InChI is InChI=1S/C11H10F3N3O/c1-7-4-17-10(18-7)6-16-9-3-2-8(5-15-9)11(12,13)14/h2-5H,6H2,1H3,(H,15,16). The third kappa shape index (κ3) is 2.99. The van der Waals surface area contributed by atoms with E-state index in [-0.39, 0.29) is 6.54 Å². The van der Waals surface area contributed by atoms with Gasteiger partial charge in [0.25, 0.3) is 0 Å². The lowest BCUT2D eigenvalue weighted by molar-refractivity contribution is -0.137. The van der Waals surface area contributed by atoms with Crippen molar-refractivity contribution in [3.8, 4) is 0 Å². The lowest BCUT2D eigenvalue weighted by Gasteiger charge is -2.07. The molecule has 0 radical (unpaired) electrons. The number of hydrogen-bond acceptors (Lipinski definition) is 4. The fraction of sp³-hybridized carbons (Fsp3) is 0.273. The summed E-state index contributed by atoms with van der Waals surface area (Å²) < 4.78 is 42.1. The zero-order chi connectivity index (χ0) is 13.2. The summed E-state index contributed by atoms with van der Waals surface area (Å²) in [5.74, 6) is 1.46. The van der Waals surface area contributed by atoms with Crippen LogP contribution in [-0.4, -0.2) is 9.97 Å². The van der Waals surface area contributed by atoms with Crippen LogP contribution in [0.15, 0.2) is 28.9 Å². The Morgan fingerprint density at radius 2 is 2.00 bits per heavy atom. The van der Waals surface area contributed by atoms with E-state index in [1.165, 1.54) is 6.07 Å². The van der Waals surface area contributed by atoms with Crippen molar-refractivity contribution in [1.29, 1.82) is 0 Å². The molecule has 0 saturated carbocycles. The summed E-state index contributed by atoms with van der Waals surface area (Å²) in [6.45, 7) is 2.03. The lowest BCUT2D eigenvalue weighted by Crippen LogP contribution is -2.07. The molecule has 0 bridgehead atoms. The van der Waals surface area contributed by atoms with E-state index < -0.39 is 11.7 Å². The first kappa shape index (κ1) is 12.4. The summed E-state index contributed by atoms with van der Waals surface area (Å²) in [5.41, 5.74) is -0.778. The number of halogens is 3. The molecule has 7 heteroatoms. The Bertz CT molecular complexity index is 519. The SMILES string of the molecule is Cc1cnc(CNc2ccc(C(F)(F)F)cn2)o1. The van der Waals surface area contributed by atoms with Crippen LogP contribution in [0.1, 0.15) is 17.2 Å². The van der Waals surface area contributed by atoms with Crippen LogP contribution in [0, 0.1) is 6.92 Å². The number of pyridine rings is 1. The fourth-order valence-electron chi connectivity index (χ4n) is 1.32. The van der Waals surface area contributed by atoms with Gasteiger partial charge in [-0.15, -0.1) is 0 Å². The van der Waals surface area contributed by atoms with Crippen LogP contribution in [0.25, 0.3) is 0 Å². The molecule has 0 aliphatic carbocycles. The molecule has 18 heavy (non-hydrogen) atoms. The molecule has 0 aromatic carbocycles. The predicted molar refractivity (Wildman–Crippen MR) is 57.8 cm³/mol. The smallest absolute Gasteiger partial charge is 0.417 e. The summed E-state index contributed by atoms with van der Waals surface area (Å²) in [5, 5.41) is 2.82. The van der Waals surface area contributed by atoms with Gasteiger partial charge in [-0.3, -0.25) is 0 Å². The Morgan fingerprint density at radius 3 is 2.50 bits per heavy atom. The quantitative estimate of drug-likeness (QED) is 0.918. The van der Waals surface area contributed by atoms with Crippen molar-refractivity contribution >= 4 is 5.82 Å². The Balaban J connectivity index is 1.98. The fourth-order valence-corrected chi connectivity index (χ4v) is 1.32. The van der Waals surface area contributed by atoms with Gasteiger partial charge < -0.3 is 9.73 Å². The van der Waals surface area contributed by atoms with E-state index in [4.69, 9.17) is 4.42 Å². The van der Waals surface area contributed by atoms with Crippen molar-refractivity contribution in [2.75, 3.05) is 5.32 Å². The summed E-state index contributed by atoms with van der Waals surface area (Å²) in [4.78, 5) is 7.62. The molecule has 0 fully saturated rings. The number of aryl methyl sites for hydroxylation is 1. The molecule has 96 valence electrons. The van der Waals surface area contributed by atoms with E-state index in [0.29, 0.717) is 17.5 Å². The lowest BCUT2D eigenvalue weighted by atomic mass is 10.3. The molecule has 0 saturated heterocycles. The van der Waals surface area contributed by atoms with Gasteiger partial charge in [-0.05, 0) is 19.1 Å². The molecule has 0 atom stereocenters. The van der Waals surface area contributed by atoms with Crippen LogP contribution >= 0.6 is 0 Å². The van der Waals surface area contributed by atoms with Gasteiger partial charge >= 0.3 is 6.18 Å². The maximum Gasteiger partial charge on any atom is 0.417 e. The van der Waals surface area contributed by atoms with Crippen molar-refractivity contribution < 1.29 is 17.6 Å². The van der Waals surface area contributed by atoms with Crippen LogP contribution in [0.2, 0.25) is 0 Å². The van der Waals surface area contributed by atoms with Crippen molar-refractivity contribution in [3.05, 3.63) is 41.7 Å². The third-order valence-electron chi connectivity index (χ3n) is 2.18. The molecule has 0 spiro atoms. The number of alkyl halides is 3. The first-order valence-corrected chi connectivity index (χ1v) is 5.13. The third-order valence-corrected chi connectivity index (χ3v) is 2.18. The van der Waals surface area contributed by atoms with Gasteiger partial charge in [0.2, 0.25) is 5.89 Å². The highest BCUT2D eigenvalue weighted by atomic mass is 19.4. The van der Waals surface area contributed by atoms with E-state index in [0.717, 1.165) is 12.3 Å². The molecule has 0 amide bonds. The maximum atomic E-state index is 12.3. The molecule has 2 aromatic rings. The Labute approximate surface area is 101 Å². The van der Waals surface area contributed by atoms with Crippen molar-refractivity contribution in [2.24, 2.45) is 0 Å². The van der Waals surface area contributed by atoms with Gasteiger partial charge in [0.15, 0.2) is 0 Å². The number of hydrogen-bond donors (Lipinski definition) is 1. The average Bonchev–Trinajstić information content (AvgIpc) is 2.72. The molecular formula is C11H10F3N3O. The second-order valence-electron chi connectivity index (χ2n) is 3.65. The number of aromatic nitrogens is 2. The topological polar surface area (TPSA) is 51.0 Å². The molecule has 0 unspecified atom stereocenters. The van der Waals surface area contributed by atoms with Crippen molar-refractivity contribution in [2.45, 2.75) is 19.6 Å². The monoisotopic (exact) mass is 257 g/mol. The van der Waals surface area contributed by atoms with Crippen LogP contribution in [0.3, 0.4) is 0 Å². The van der Waals surface area contributed by atoms with Crippen LogP contribution in [-0.2, 0) is 12.7 Å². The second kappa shape index (κ2) is 4.67. The number of nitrogens with zero attached hydrogens (tertiary/aromatic N) is 2. The molecule has 0 aliphatic rings. The minimum absolute atomic E-state index is 0.270. The van der Waals surface area contributed by atoms with E-state index in [2.05, 4.69) is 15.3 Å². The highest BCUT2D eigenvalue weighted by Gasteiger charge is 2.30. The van der Waals surface area contributed by atoms with E-state index in [9.17, 15) is 13.2 Å². The highest BCUT2D eigenvalue weighted by molar-refractivity contribution is 5.36. The van der Waals surface area contributed by atoms with Crippen LogP contribution in [0.5, 0.6) is 0 Å². The summed E-state index contributed by atoms with van der Waals surface area (Å²) in [6.07, 6.45) is -2.02. The number of rotatable bonds is 3. The number of anilines is 1. The summed E-state index contributed by atoms with van der Waals surface area (Å²) in [7, 11) is 0. The molecule has 2 rings (SSSR count). The van der Waals surface area contributed by atoms with Crippen LogP contribution < -0.4 is 5.32 Å². The first-order chi connectivity index (χ1) is 8.45. The zero-order valence-corrected chi connectivity index (χ0v) is 9.45. The molecule has 4 nitrogen and oxygen atoms in total. The van der Waals surface area contributed by atoms with E-state index in [1.54, 1.807) is 13.1 Å². The van der Waals surface area contributed by atoms with Gasteiger partial charge in [0.05, 0.1) is 18.3 Å².